The highest BCUT2D eigenvalue weighted by atomic mass is 16.5. The fourth-order valence-corrected chi connectivity index (χ4v) is 3.40. The maximum Gasteiger partial charge on any atom is 0.317 e. The average Bonchev–Trinajstić information content (AvgIpc) is 3.02. The Labute approximate surface area is 137 Å². The molecule has 1 fully saturated rings. The Kier molecular flexibility index (Phi) is 5.31. The average molecular weight is 318 g/mol. The van der Waals surface area contributed by atoms with Crippen molar-refractivity contribution in [3.05, 3.63) is 23.4 Å². The molecule has 2 aliphatic rings. The summed E-state index contributed by atoms with van der Waals surface area (Å²) in [5.41, 5.74) is 1.50. The number of piperidine rings is 1. The Balaban J connectivity index is 1.38. The van der Waals surface area contributed by atoms with Crippen molar-refractivity contribution in [1.29, 1.82) is 0 Å². The van der Waals surface area contributed by atoms with Crippen molar-refractivity contribution in [2.24, 2.45) is 0 Å². The summed E-state index contributed by atoms with van der Waals surface area (Å²) in [5.74, 6) is 1.70. The van der Waals surface area contributed by atoms with Crippen molar-refractivity contribution in [3.8, 4) is 0 Å². The van der Waals surface area contributed by atoms with E-state index in [9.17, 15) is 4.79 Å². The van der Waals surface area contributed by atoms with Gasteiger partial charge in [0.05, 0.1) is 0 Å². The number of allylic oxidation sites excluding steroid dienone is 1. The summed E-state index contributed by atoms with van der Waals surface area (Å²) < 4.78 is 5.04. The van der Waals surface area contributed by atoms with Gasteiger partial charge in [0.2, 0.25) is 5.89 Å². The van der Waals surface area contributed by atoms with Gasteiger partial charge in [-0.2, -0.15) is 4.98 Å². The first kappa shape index (κ1) is 16.0. The van der Waals surface area contributed by atoms with E-state index >= 15 is 0 Å². The van der Waals surface area contributed by atoms with Crippen molar-refractivity contribution in [2.45, 2.75) is 57.8 Å². The number of carbonyl (C=O) groups is 1. The van der Waals surface area contributed by atoms with Gasteiger partial charge in [0.1, 0.15) is 0 Å². The van der Waals surface area contributed by atoms with Gasteiger partial charge in [0, 0.05) is 32.5 Å². The van der Waals surface area contributed by atoms with E-state index in [0.29, 0.717) is 11.8 Å². The maximum absolute atomic E-state index is 12.2. The van der Waals surface area contributed by atoms with Crippen molar-refractivity contribution >= 4 is 6.03 Å². The molecule has 1 saturated heterocycles. The lowest BCUT2D eigenvalue weighted by Crippen LogP contribution is -2.44. The Bertz CT molecular complexity index is 559. The molecule has 126 valence electrons. The van der Waals surface area contributed by atoms with Crippen LogP contribution < -0.4 is 5.32 Å². The second kappa shape index (κ2) is 7.62. The van der Waals surface area contributed by atoms with Crippen LogP contribution in [0.1, 0.15) is 62.6 Å². The number of carbonyl (C=O) groups excluding carboxylic acids is 1. The summed E-state index contributed by atoms with van der Waals surface area (Å²) in [4.78, 5) is 18.4. The molecule has 0 spiro atoms. The minimum absolute atomic E-state index is 0.0594. The van der Waals surface area contributed by atoms with E-state index in [1.54, 1.807) is 6.92 Å². The number of rotatable bonds is 4. The number of aromatic nitrogens is 2. The third kappa shape index (κ3) is 4.33. The van der Waals surface area contributed by atoms with Crippen molar-refractivity contribution < 1.29 is 9.32 Å². The number of nitrogens with one attached hydrogen (secondary N) is 1. The number of likely N-dealkylation sites (tertiary alicyclic amines) is 1. The smallest absolute Gasteiger partial charge is 0.317 e. The largest absolute Gasteiger partial charge is 0.340 e. The topological polar surface area (TPSA) is 71.3 Å². The van der Waals surface area contributed by atoms with Crippen molar-refractivity contribution in [3.63, 3.8) is 0 Å². The van der Waals surface area contributed by atoms with Gasteiger partial charge in [-0.1, -0.05) is 16.8 Å². The molecule has 0 saturated carbocycles. The molecule has 0 aromatic carbocycles. The second-order valence-electron chi connectivity index (χ2n) is 6.52. The van der Waals surface area contributed by atoms with E-state index in [0.717, 1.165) is 44.7 Å². The number of amides is 2. The van der Waals surface area contributed by atoms with Crippen LogP contribution in [-0.4, -0.2) is 40.7 Å². The molecular weight excluding hydrogens is 292 g/mol. The first-order valence-electron chi connectivity index (χ1n) is 8.73. The van der Waals surface area contributed by atoms with E-state index in [2.05, 4.69) is 21.5 Å². The zero-order valence-electron chi connectivity index (χ0n) is 13.9. The number of urea groups is 1. The molecule has 0 unspecified atom stereocenters. The summed E-state index contributed by atoms with van der Waals surface area (Å²) in [6, 6.07) is 0.0594. The zero-order chi connectivity index (χ0) is 16.1. The molecule has 1 aliphatic carbocycles. The monoisotopic (exact) mass is 318 g/mol. The van der Waals surface area contributed by atoms with Crippen LogP contribution in [0, 0.1) is 6.92 Å². The van der Waals surface area contributed by atoms with Gasteiger partial charge in [-0.05, 0) is 44.9 Å². The number of nitrogens with zero attached hydrogens (tertiary/aromatic N) is 3. The molecule has 1 aliphatic heterocycles. The normalized spacial score (nSPS) is 19.5. The van der Waals surface area contributed by atoms with Crippen molar-refractivity contribution in [1.82, 2.24) is 20.4 Å². The van der Waals surface area contributed by atoms with Crippen LogP contribution in [0.25, 0.3) is 0 Å². The van der Waals surface area contributed by atoms with Crippen LogP contribution in [0.15, 0.2) is 16.2 Å². The van der Waals surface area contributed by atoms with Crippen molar-refractivity contribution in [2.75, 3.05) is 19.6 Å². The van der Waals surface area contributed by atoms with E-state index in [1.807, 2.05) is 4.90 Å². The van der Waals surface area contributed by atoms with Gasteiger partial charge in [0.25, 0.3) is 0 Å². The van der Waals surface area contributed by atoms with Gasteiger partial charge in [-0.3, -0.25) is 0 Å². The van der Waals surface area contributed by atoms with Gasteiger partial charge in [-0.15, -0.1) is 0 Å². The summed E-state index contributed by atoms with van der Waals surface area (Å²) in [5, 5.41) is 7.05. The van der Waals surface area contributed by atoms with Crippen LogP contribution in [0.3, 0.4) is 0 Å². The molecule has 3 rings (SSSR count). The maximum atomic E-state index is 12.2. The molecule has 1 aromatic rings. The zero-order valence-corrected chi connectivity index (χ0v) is 13.9. The van der Waals surface area contributed by atoms with Crippen LogP contribution in [0.5, 0.6) is 0 Å². The molecule has 0 radical (unpaired) electrons. The van der Waals surface area contributed by atoms with E-state index < -0.39 is 0 Å². The molecule has 0 atom stereocenters. The molecule has 1 N–H and O–H groups in total. The number of aryl methyl sites for hydroxylation is 1. The molecule has 6 nitrogen and oxygen atoms in total. The molecule has 1 aromatic heterocycles. The Morgan fingerprint density at radius 3 is 2.87 bits per heavy atom. The second-order valence-corrected chi connectivity index (χ2v) is 6.52. The standard InChI is InChI=1S/C17H26N4O2/c1-13-19-16(20-23-13)15-8-11-21(12-9-15)17(22)18-10-7-14-5-3-2-4-6-14/h5,15H,2-4,6-12H2,1H3,(H,18,22). The summed E-state index contributed by atoms with van der Waals surface area (Å²) >= 11 is 0. The Morgan fingerprint density at radius 2 is 2.22 bits per heavy atom. The molecular formula is C17H26N4O2. The van der Waals surface area contributed by atoms with E-state index in [4.69, 9.17) is 4.52 Å². The van der Waals surface area contributed by atoms with E-state index in [-0.39, 0.29) is 6.03 Å². The molecule has 2 heterocycles. The lowest BCUT2D eigenvalue weighted by molar-refractivity contribution is 0.180. The number of hydrogen-bond acceptors (Lipinski definition) is 4. The molecule has 2 amide bonds. The van der Waals surface area contributed by atoms with Gasteiger partial charge in [0.15, 0.2) is 5.82 Å². The van der Waals surface area contributed by atoms with Crippen LogP contribution in [0.4, 0.5) is 4.79 Å². The molecule has 0 bridgehead atoms. The Hall–Kier alpha value is -1.85. The lowest BCUT2D eigenvalue weighted by atomic mass is 9.96. The SMILES string of the molecule is Cc1nc(C2CCN(C(=O)NCCC3=CCCCC3)CC2)no1. The first-order chi connectivity index (χ1) is 11.2. The van der Waals surface area contributed by atoms with Crippen LogP contribution in [0.2, 0.25) is 0 Å². The Morgan fingerprint density at radius 1 is 1.39 bits per heavy atom. The quantitative estimate of drug-likeness (QED) is 0.866. The summed E-state index contributed by atoms with van der Waals surface area (Å²) in [6.45, 7) is 4.06. The minimum atomic E-state index is 0.0594. The third-order valence-electron chi connectivity index (χ3n) is 4.80. The predicted molar refractivity (Wildman–Crippen MR) is 87.1 cm³/mol. The van der Waals surface area contributed by atoms with E-state index in [1.165, 1.54) is 31.3 Å². The van der Waals surface area contributed by atoms with Gasteiger partial charge in [-0.25, -0.2) is 4.79 Å². The van der Waals surface area contributed by atoms with Gasteiger partial charge < -0.3 is 14.7 Å². The highest BCUT2D eigenvalue weighted by molar-refractivity contribution is 5.74. The number of hydrogen-bond donors (Lipinski definition) is 1. The molecule has 23 heavy (non-hydrogen) atoms. The molecule has 6 heteroatoms. The highest BCUT2D eigenvalue weighted by Gasteiger charge is 2.26. The summed E-state index contributed by atoms with van der Waals surface area (Å²) in [6.07, 6.45) is 10.1. The fraction of sp³-hybridized carbons (Fsp3) is 0.706. The highest BCUT2D eigenvalue weighted by Crippen LogP contribution is 2.26. The summed E-state index contributed by atoms with van der Waals surface area (Å²) in [7, 11) is 0. The minimum Gasteiger partial charge on any atom is -0.340 e. The predicted octanol–water partition coefficient (Wildman–Crippen LogP) is 3.16. The van der Waals surface area contributed by atoms with Gasteiger partial charge >= 0.3 is 6.03 Å². The fourth-order valence-electron chi connectivity index (χ4n) is 3.40. The van der Waals surface area contributed by atoms with Crippen LogP contribution in [-0.2, 0) is 0 Å². The van der Waals surface area contributed by atoms with Crippen LogP contribution >= 0.6 is 0 Å². The first-order valence-corrected chi connectivity index (χ1v) is 8.73. The third-order valence-corrected chi connectivity index (χ3v) is 4.80. The lowest BCUT2D eigenvalue weighted by Gasteiger charge is -2.30.